The van der Waals surface area contributed by atoms with Crippen LogP contribution in [0.25, 0.3) is 0 Å². The van der Waals surface area contributed by atoms with Crippen molar-refractivity contribution in [1.82, 2.24) is 15.8 Å². The van der Waals surface area contributed by atoms with Gasteiger partial charge in [0, 0.05) is 32.1 Å². The highest BCUT2D eigenvalue weighted by molar-refractivity contribution is 14.0. The SMILES string of the molecule is CCc1noc(CC)c1CNC(=NC)NCCCCc1ccc(OC)cc1.I. The lowest BCUT2D eigenvalue weighted by molar-refractivity contribution is 0.380. The van der Waals surface area contributed by atoms with E-state index in [0.717, 1.165) is 67.4 Å². The van der Waals surface area contributed by atoms with Gasteiger partial charge in [0.15, 0.2) is 5.96 Å². The largest absolute Gasteiger partial charge is 0.497 e. The molecule has 0 saturated carbocycles. The highest BCUT2D eigenvalue weighted by Gasteiger charge is 2.13. The number of ether oxygens (including phenoxy) is 1. The van der Waals surface area contributed by atoms with Gasteiger partial charge in [-0.1, -0.05) is 31.1 Å². The van der Waals surface area contributed by atoms with Crippen LogP contribution in [0.5, 0.6) is 5.75 Å². The van der Waals surface area contributed by atoms with Crippen LogP contribution in [0.1, 0.15) is 49.3 Å². The highest BCUT2D eigenvalue weighted by atomic mass is 127. The minimum Gasteiger partial charge on any atom is -0.497 e. The Morgan fingerprint density at radius 2 is 1.86 bits per heavy atom. The molecule has 0 aliphatic carbocycles. The molecule has 7 heteroatoms. The van der Waals surface area contributed by atoms with E-state index in [1.807, 2.05) is 12.1 Å². The van der Waals surface area contributed by atoms with Gasteiger partial charge in [-0.15, -0.1) is 24.0 Å². The zero-order valence-electron chi connectivity index (χ0n) is 17.4. The predicted octanol–water partition coefficient (Wildman–Crippen LogP) is 4.11. The van der Waals surface area contributed by atoms with Crippen molar-refractivity contribution in [3.63, 3.8) is 0 Å². The number of halogens is 1. The van der Waals surface area contributed by atoms with Gasteiger partial charge in [0.05, 0.1) is 12.8 Å². The Hall–Kier alpha value is -1.77. The Bertz CT molecular complexity index is 692. The third kappa shape index (κ3) is 7.33. The van der Waals surface area contributed by atoms with Crippen LogP contribution < -0.4 is 15.4 Å². The lowest BCUT2D eigenvalue weighted by Gasteiger charge is -2.12. The molecule has 6 nitrogen and oxygen atoms in total. The van der Waals surface area contributed by atoms with Crippen molar-refractivity contribution in [3.8, 4) is 5.75 Å². The fourth-order valence-electron chi connectivity index (χ4n) is 2.98. The van der Waals surface area contributed by atoms with Crippen molar-refractivity contribution in [3.05, 3.63) is 46.8 Å². The normalized spacial score (nSPS) is 11.1. The van der Waals surface area contributed by atoms with Gasteiger partial charge in [-0.3, -0.25) is 4.99 Å². The van der Waals surface area contributed by atoms with Gasteiger partial charge in [-0.25, -0.2) is 0 Å². The summed E-state index contributed by atoms with van der Waals surface area (Å²) in [5.41, 5.74) is 3.52. The van der Waals surface area contributed by atoms with E-state index in [9.17, 15) is 0 Å². The molecule has 1 heterocycles. The summed E-state index contributed by atoms with van der Waals surface area (Å²) in [6.07, 6.45) is 5.00. The van der Waals surface area contributed by atoms with Crippen LogP contribution in [0.15, 0.2) is 33.8 Å². The molecular formula is C21H33IN4O2. The summed E-state index contributed by atoms with van der Waals surface area (Å²) in [7, 11) is 3.48. The second kappa shape index (κ2) is 13.4. The monoisotopic (exact) mass is 500 g/mol. The number of unbranched alkanes of at least 4 members (excludes halogenated alkanes) is 1. The van der Waals surface area contributed by atoms with Crippen LogP contribution in [-0.2, 0) is 25.8 Å². The minimum absolute atomic E-state index is 0. The first-order valence-electron chi connectivity index (χ1n) is 9.75. The van der Waals surface area contributed by atoms with Gasteiger partial charge >= 0.3 is 0 Å². The lowest BCUT2D eigenvalue weighted by Crippen LogP contribution is -2.37. The molecule has 0 radical (unpaired) electrons. The summed E-state index contributed by atoms with van der Waals surface area (Å²) in [6, 6.07) is 8.28. The van der Waals surface area contributed by atoms with Gasteiger partial charge in [0.25, 0.3) is 0 Å². The molecule has 1 aromatic carbocycles. The molecule has 0 atom stereocenters. The first-order chi connectivity index (χ1) is 13.2. The highest BCUT2D eigenvalue weighted by Crippen LogP contribution is 2.15. The smallest absolute Gasteiger partial charge is 0.191 e. The van der Waals surface area contributed by atoms with Crippen molar-refractivity contribution >= 4 is 29.9 Å². The predicted molar refractivity (Wildman–Crippen MR) is 125 cm³/mol. The third-order valence-electron chi connectivity index (χ3n) is 4.61. The van der Waals surface area contributed by atoms with Crippen molar-refractivity contribution in [1.29, 1.82) is 0 Å². The van der Waals surface area contributed by atoms with Crippen LogP contribution in [-0.4, -0.2) is 31.8 Å². The topological polar surface area (TPSA) is 71.7 Å². The third-order valence-corrected chi connectivity index (χ3v) is 4.61. The second-order valence-corrected chi connectivity index (χ2v) is 6.40. The van der Waals surface area contributed by atoms with Crippen LogP contribution >= 0.6 is 24.0 Å². The van der Waals surface area contributed by atoms with Crippen LogP contribution in [0, 0.1) is 0 Å². The van der Waals surface area contributed by atoms with E-state index in [2.05, 4.69) is 46.8 Å². The molecule has 0 unspecified atom stereocenters. The van der Waals surface area contributed by atoms with E-state index in [0.29, 0.717) is 6.54 Å². The summed E-state index contributed by atoms with van der Waals surface area (Å²) in [5.74, 6) is 2.67. The molecule has 28 heavy (non-hydrogen) atoms. The number of hydrogen-bond acceptors (Lipinski definition) is 4. The van der Waals surface area contributed by atoms with Gasteiger partial charge in [-0.2, -0.15) is 0 Å². The number of aryl methyl sites for hydroxylation is 3. The summed E-state index contributed by atoms with van der Waals surface area (Å²) in [4.78, 5) is 4.30. The quantitative estimate of drug-likeness (QED) is 0.222. The molecule has 0 amide bonds. The number of nitrogens with zero attached hydrogens (tertiary/aromatic N) is 2. The maximum Gasteiger partial charge on any atom is 0.191 e. The second-order valence-electron chi connectivity index (χ2n) is 6.40. The molecule has 2 aromatic rings. The number of guanidine groups is 1. The molecule has 2 N–H and O–H groups in total. The summed E-state index contributed by atoms with van der Waals surface area (Å²) < 4.78 is 10.6. The molecule has 2 rings (SSSR count). The number of hydrogen-bond donors (Lipinski definition) is 2. The van der Waals surface area contributed by atoms with Crippen molar-refractivity contribution in [2.24, 2.45) is 4.99 Å². The zero-order chi connectivity index (χ0) is 19.5. The number of aromatic nitrogens is 1. The average molecular weight is 500 g/mol. The van der Waals surface area contributed by atoms with Crippen molar-refractivity contribution in [2.45, 2.75) is 52.5 Å². The summed E-state index contributed by atoms with van der Waals surface area (Å²) in [5, 5.41) is 10.9. The van der Waals surface area contributed by atoms with Gasteiger partial charge < -0.3 is 19.9 Å². The van der Waals surface area contributed by atoms with Crippen molar-refractivity contribution in [2.75, 3.05) is 20.7 Å². The Kier molecular flexibility index (Phi) is 11.6. The molecule has 0 bridgehead atoms. The van der Waals surface area contributed by atoms with Crippen LogP contribution in [0.3, 0.4) is 0 Å². The van der Waals surface area contributed by atoms with Crippen molar-refractivity contribution < 1.29 is 9.26 Å². The van der Waals surface area contributed by atoms with E-state index in [1.54, 1.807) is 14.2 Å². The molecule has 156 valence electrons. The maximum absolute atomic E-state index is 5.41. The molecule has 0 saturated heterocycles. The average Bonchev–Trinajstić information content (AvgIpc) is 3.12. The van der Waals surface area contributed by atoms with E-state index in [-0.39, 0.29) is 24.0 Å². The van der Waals surface area contributed by atoms with Gasteiger partial charge in [-0.05, 0) is 43.4 Å². The molecule has 0 aliphatic heterocycles. The molecule has 0 aliphatic rings. The van der Waals surface area contributed by atoms with Gasteiger partial charge in [0.1, 0.15) is 11.5 Å². The van der Waals surface area contributed by atoms with E-state index >= 15 is 0 Å². The van der Waals surface area contributed by atoms with Gasteiger partial charge in [0.2, 0.25) is 0 Å². The fraction of sp³-hybridized carbons (Fsp3) is 0.524. The zero-order valence-corrected chi connectivity index (χ0v) is 19.7. The Morgan fingerprint density at radius 3 is 2.46 bits per heavy atom. The fourth-order valence-corrected chi connectivity index (χ4v) is 2.98. The number of rotatable bonds is 10. The number of benzene rings is 1. The number of aliphatic imine (C=N–C) groups is 1. The first kappa shape index (κ1) is 24.3. The summed E-state index contributed by atoms with van der Waals surface area (Å²) in [6.45, 7) is 5.75. The minimum atomic E-state index is 0. The molecule has 0 spiro atoms. The van der Waals surface area contributed by atoms with Crippen LogP contribution in [0.2, 0.25) is 0 Å². The van der Waals surface area contributed by atoms with E-state index < -0.39 is 0 Å². The van der Waals surface area contributed by atoms with Crippen LogP contribution in [0.4, 0.5) is 0 Å². The lowest BCUT2D eigenvalue weighted by atomic mass is 10.1. The molecule has 1 aromatic heterocycles. The Balaban J connectivity index is 0.00000392. The maximum atomic E-state index is 5.41. The Morgan fingerprint density at radius 1 is 1.11 bits per heavy atom. The number of methoxy groups -OCH3 is 1. The Labute approximate surface area is 185 Å². The standard InChI is InChI=1S/C21H32N4O2.HI/c1-5-19-18(20(6-2)27-25-19)15-24-21(22-3)23-14-8-7-9-16-10-12-17(26-4)13-11-16;/h10-13H,5-9,14-15H2,1-4H3,(H2,22,23,24);1H. The molecular weight excluding hydrogens is 467 g/mol. The van der Waals surface area contributed by atoms with E-state index in [1.165, 1.54) is 5.56 Å². The first-order valence-corrected chi connectivity index (χ1v) is 9.75. The molecule has 0 fully saturated rings. The van der Waals surface area contributed by atoms with E-state index in [4.69, 9.17) is 9.26 Å². The summed E-state index contributed by atoms with van der Waals surface area (Å²) >= 11 is 0. The number of nitrogens with one attached hydrogen (secondary N) is 2.